The van der Waals surface area contributed by atoms with Crippen LogP contribution in [0, 0.1) is 0 Å². The zero-order valence-corrected chi connectivity index (χ0v) is 11.2. The monoisotopic (exact) mass is 286 g/mol. The summed E-state index contributed by atoms with van der Waals surface area (Å²) in [5.74, 6) is -0.271. The van der Waals surface area contributed by atoms with Crippen LogP contribution >= 0.6 is 11.6 Å². The lowest BCUT2D eigenvalue weighted by molar-refractivity contribution is 0.0945. The summed E-state index contributed by atoms with van der Waals surface area (Å²) in [6, 6.07) is 9.27. The number of pyridine rings is 1. The van der Waals surface area contributed by atoms with Crippen LogP contribution in [0.3, 0.4) is 0 Å². The molecule has 3 aromatic rings. The fourth-order valence-electron chi connectivity index (χ4n) is 1.92. The van der Waals surface area contributed by atoms with Crippen molar-refractivity contribution < 1.29 is 4.79 Å². The molecule has 3 rings (SSSR count). The lowest BCUT2D eigenvalue weighted by atomic mass is 10.1. The van der Waals surface area contributed by atoms with Crippen molar-refractivity contribution in [1.82, 2.24) is 20.3 Å². The Morgan fingerprint density at radius 2 is 2.20 bits per heavy atom. The first-order valence-electron chi connectivity index (χ1n) is 6.05. The number of aromatic nitrogens is 3. The van der Waals surface area contributed by atoms with Gasteiger partial charge in [0, 0.05) is 11.6 Å². The number of hydrogen-bond acceptors (Lipinski definition) is 3. The van der Waals surface area contributed by atoms with Crippen molar-refractivity contribution in [1.29, 1.82) is 0 Å². The average Bonchev–Trinajstić information content (AvgIpc) is 2.98. The van der Waals surface area contributed by atoms with E-state index in [4.69, 9.17) is 11.6 Å². The fourth-order valence-corrected chi connectivity index (χ4v) is 2.18. The predicted molar refractivity (Wildman–Crippen MR) is 76.5 cm³/mol. The summed E-state index contributed by atoms with van der Waals surface area (Å²) in [7, 11) is 0. The largest absolute Gasteiger partial charge is 0.347 e. The summed E-state index contributed by atoms with van der Waals surface area (Å²) in [4.78, 5) is 23.0. The Balaban J connectivity index is 1.84. The molecule has 6 heteroatoms. The Morgan fingerprint density at radius 1 is 1.35 bits per heavy atom. The van der Waals surface area contributed by atoms with Crippen LogP contribution in [-0.2, 0) is 6.54 Å². The Kier molecular flexibility index (Phi) is 3.35. The lowest BCUT2D eigenvalue weighted by Gasteiger charge is -2.06. The smallest absolute Gasteiger partial charge is 0.270 e. The molecule has 5 nitrogen and oxygen atoms in total. The molecule has 0 radical (unpaired) electrons. The molecular weight excluding hydrogens is 276 g/mol. The number of aromatic amines is 1. The number of imidazole rings is 1. The van der Waals surface area contributed by atoms with Crippen molar-refractivity contribution in [2.24, 2.45) is 0 Å². The van der Waals surface area contributed by atoms with Gasteiger partial charge in [0.1, 0.15) is 10.8 Å². The molecule has 100 valence electrons. The third kappa shape index (κ3) is 2.48. The highest BCUT2D eigenvalue weighted by Crippen LogP contribution is 2.22. The number of benzene rings is 1. The van der Waals surface area contributed by atoms with Gasteiger partial charge in [-0.1, -0.05) is 35.9 Å². The average molecular weight is 287 g/mol. The van der Waals surface area contributed by atoms with E-state index in [2.05, 4.69) is 20.3 Å². The van der Waals surface area contributed by atoms with E-state index in [0.717, 1.165) is 16.5 Å². The van der Waals surface area contributed by atoms with Gasteiger partial charge in [-0.25, -0.2) is 9.97 Å². The maximum Gasteiger partial charge on any atom is 0.270 e. The molecule has 0 unspecified atom stereocenters. The highest BCUT2D eigenvalue weighted by Gasteiger charge is 2.11. The van der Waals surface area contributed by atoms with Gasteiger partial charge in [-0.2, -0.15) is 0 Å². The normalized spacial score (nSPS) is 10.7. The summed E-state index contributed by atoms with van der Waals surface area (Å²) in [5.41, 5.74) is 1.12. The fraction of sp³-hybridized carbons (Fsp3) is 0.0714. The summed E-state index contributed by atoms with van der Waals surface area (Å²) >= 11 is 6.10. The number of halogens is 1. The number of amides is 1. The van der Waals surface area contributed by atoms with E-state index in [9.17, 15) is 4.79 Å². The van der Waals surface area contributed by atoms with Crippen LogP contribution in [0.25, 0.3) is 10.8 Å². The molecule has 20 heavy (non-hydrogen) atoms. The molecule has 1 aromatic carbocycles. The van der Waals surface area contributed by atoms with Crippen LogP contribution in [0.5, 0.6) is 0 Å². The van der Waals surface area contributed by atoms with Gasteiger partial charge in [0.25, 0.3) is 5.91 Å². The molecule has 0 bridgehead atoms. The van der Waals surface area contributed by atoms with E-state index in [0.29, 0.717) is 17.4 Å². The van der Waals surface area contributed by atoms with E-state index in [-0.39, 0.29) is 5.91 Å². The summed E-state index contributed by atoms with van der Waals surface area (Å²) < 4.78 is 0. The minimum absolute atomic E-state index is 0.271. The first-order chi connectivity index (χ1) is 9.74. The molecular formula is C14H11ClN4O. The Morgan fingerprint density at radius 3 is 3.00 bits per heavy atom. The van der Waals surface area contributed by atoms with Crippen LogP contribution in [0.1, 0.15) is 16.2 Å². The summed E-state index contributed by atoms with van der Waals surface area (Å²) in [5, 5.41) is 4.81. The maximum absolute atomic E-state index is 12.1. The lowest BCUT2D eigenvalue weighted by Crippen LogP contribution is -2.24. The maximum atomic E-state index is 12.1. The van der Waals surface area contributed by atoms with E-state index < -0.39 is 0 Å². The van der Waals surface area contributed by atoms with Crippen LogP contribution in [0.4, 0.5) is 0 Å². The highest BCUT2D eigenvalue weighted by molar-refractivity contribution is 6.34. The molecule has 1 amide bonds. The van der Waals surface area contributed by atoms with Crippen LogP contribution in [0.2, 0.25) is 5.15 Å². The van der Waals surface area contributed by atoms with Crippen LogP contribution in [-0.4, -0.2) is 20.9 Å². The second-order valence-electron chi connectivity index (χ2n) is 4.28. The van der Waals surface area contributed by atoms with E-state index in [1.54, 1.807) is 18.6 Å². The first kappa shape index (κ1) is 12.6. The van der Waals surface area contributed by atoms with Gasteiger partial charge in [-0.15, -0.1) is 0 Å². The van der Waals surface area contributed by atoms with Crippen molar-refractivity contribution >= 4 is 28.3 Å². The minimum Gasteiger partial charge on any atom is -0.347 e. The summed E-state index contributed by atoms with van der Waals surface area (Å²) in [6.07, 6.45) is 3.22. The number of hydrogen-bond donors (Lipinski definition) is 2. The van der Waals surface area contributed by atoms with Gasteiger partial charge in [0.05, 0.1) is 18.6 Å². The predicted octanol–water partition coefficient (Wildman–Crippen LogP) is 2.54. The van der Waals surface area contributed by atoms with Crippen molar-refractivity contribution in [3.8, 4) is 0 Å². The van der Waals surface area contributed by atoms with Crippen molar-refractivity contribution in [2.45, 2.75) is 6.54 Å². The van der Waals surface area contributed by atoms with E-state index in [1.807, 2.05) is 24.3 Å². The topological polar surface area (TPSA) is 70.7 Å². The molecule has 2 aromatic heterocycles. The van der Waals surface area contributed by atoms with Gasteiger partial charge in [0.15, 0.2) is 0 Å². The third-order valence-corrected chi connectivity index (χ3v) is 3.21. The van der Waals surface area contributed by atoms with Crippen molar-refractivity contribution in [3.05, 3.63) is 59.4 Å². The van der Waals surface area contributed by atoms with Gasteiger partial charge < -0.3 is 10.3 Å². The standard InChI is InChI=1S/C14H11ClN4O/c15-13-11-4-2-1-3-9(11)5-12(19-13)14(20)17-7-10-6-16-8-18-10/h1-6,8H,7H2,(H,16,18)(H,17,20). The number of rotatable bonds is 3. The van der Waals surface area contributed by atoms with Gasteiger partial charge in [-0.3, -0.25) is 4.79 Å². The molecule has 2 heterocycles. The van der Waals surface area contributed by atoms with Crippen LogP contribution < -0.4 is 5.32 Å². The van der Waals surface area contributed by atoms with Crippen molar-refractivity contribution in [2.75, 3.05) is 0 Å². The molecule has 0 saturated heterocycles. The molecule has 0 aliphatic heterocycles. The molecule has 2 N–H and O–H groups in total. The number of carbonyl (C=O) groups excluding carboxylic acids is 1. The Bertz CT molecular complexity index is 755. The number of H-pyrrole nitrogens is 1. The Hall–Kier alpha value is -2.40. The summed E-state index contributed by atoms with van der Waals surface area (Å²) in [6.45, 7) is 0.366. The molecule has 0 aliphatic carbocycles. The first-order valence-corrected chi connectivity index (χ1v) is 6.42. The molecule has 0 saturated carbocycles. The molecule has 0 aliphatic rings. The van der Waals surface area contributed by atoms with Crippen LogP contribution in [0.15, 0.2) is 42.9 Å². The van der Waals surface area contributed by atoms with Gasteiger partial charge in [0.2, 0.25) is 0 Å². The number of nitrogens with one attached hydrogen (secondary N) is 2. The molecule has 0 spiro atoms. The minimum atomic E-state index is -0.271. The Labute approximate surface area is 120 Å². The molecule has 0 atom stereocenters. The number of nitrogens with zero attached hydrogens (tertiary/aromatic N) is 2. The molecule has 0 fully saturated rings. The third-order valence-electron chi connectivity index (χ3n) is 2.92. The zero-order chi connectivity index (χ0) is 13.9. The van der Waals surface area contributed by atoms with Gasteiger partial charge >= 0.3 is 0 Å². The second-order valence-corrected chi connectivity index (χ2v) is 4.64. The SMILES string of the molecule is O=C(NCc1cnc[nH]1)c1cc2ccccc2c(Cl)n1. The van der Waals surface area contributed by atoms with Crippen molar-refractivity contribution in [3.63, 3.8) is 0 Å². The van der Waals surface area contributed by atoms with E-state index >= 15 is 0 Å². The van der Waals surface area contributed by atoms with Gasteiger partial charge in [-0.05, 0) is 11.5 Å². The highest BCUT2D eigenvalue weighted by atomic mass is 35.5. The number of carbonyl (C=O) groups is 1. The quantitative estimate of drug-likeness (QED) is 0.727. The number of fused-ring (bicyclic) bond motifs is 1. The second kappa shape index (κ2) is 5.30. The van der Waals surface area contributed by atoms with E-state index in [1.165, 1.54) is 0 Å². The zero-order valence-electron chi connectivity index (χ0n) is 10.4.